The standard InChI is InChI=1S/C19H28N6/c1-4-20-19(21-12-18-23-22-14-24(18)3)25-11-10-17(15(2)13-25)16-8-6-5-7-9-16/h5-9,14-15,17H,4,10-13H2,1-3H3,(H,20,21). The predicted molar refractivity (Wildman–Crippen MR) is 100 cm³/mol. The highest BCUT2D eigenvalue weighted by Gasteiger charge is 2.28. The molecule has 6 nitrogen and oxygen atoms in total. The molecule has 1 aliphatic rings. The van der Waals surface area contributed by atoms with E-state index in [2.05, 4.69) is 64.6 Å². The summed E-state index contributed by atoms with van der Waals surface area (Å²) in [5.74, 6) is 3.07. The first-order chi connectivity index (χ1) is 12.2. The van der Waals surface area contributed by atoms with Crippen LogP contribution in [0.2, 0.25) is 0 Å². The zero-order chi connectivity index (χ0) is 17.6. The molecule has 1 aromatic heterocycles. The molecule has 1 fully saturated rings. The summed E-state index contributed by atoms with van der Waals surface area (Å²) in [5.41, 5.74) is 1.45. The number of aliphatic imine (C=N–C) groups is 1. The number of likely N-dealkylation sites (tertiary alicyclic amines) is 1. The molecule has 1 aromatic carbocycles. The molecule has 0 amide bonds. The third kappa shape index (κ3) is 4.18. The molecular weight excluding hydrogens is 312 g/mol. The largest absolute Gasteiger partial charge is 0.357 e. The number of nitrogens with one attached hydrogen (secondary N) is 1. The van der Waals surface area contributed by atoms with Gasteiger partial charge in [0.05, 0.1) is 0 Å². The normalized spacial score (nSPS) is 21.4. The lowest BCUT2D eigenvalue weighted by atomic mass is 9.82. The first kappa shape index (κ1) is 17.5. The van der Waals surface area contributed by atoms with Crippen molar-refractivity contribution in [3.8, 4) is 0 Å². The van der Waals surface area contributed by atoms with E-state index in [4.69, 9.17) is 4.99 Å². The lowest BCUT2D eigenvalue weighted by molar-refractivity contribution is 0.234. The van der Waals surface area contributed by atoms with E-state index in [1.807, 2.05) is 11.6 Å². The van der Waals surface area contributed by atoms with E-state index in [0.717, 1.165) is 37.8 Å². The Morgan fingerprint density at radius 1 is 1.32 bits per heavy atom. The number of aromatic nitrogens is 3. The Bertz CT molecular complexity index is 693. The zero-order valence-corrected chi connectivity index (χ0v) is 15.4. The van der Waals surface area contributed by atoms with E-state index in [0.29, 0.717) is 18.4 Å². The highest BCUT2D eigenvalue weighted by Crippen LogP contribution is 2.32. The van der Waals surface area contributed by atoms with Gasteiger partial charge in [0.2, 0.25) is 0 Å². The van der Waals surface area contributed by atoms with Crippen molar-refractivity contribution < 1.29 is 0 Å². The van der Waals surface area contributed by atoms with E-state index >= 15 is 0 Å². The van der Waals surface area contributed by atoms with E-state index in [1.165, 1.54) is 5.56 Å². The van der Waals surface area contributed by atoms with Crippen LogP contribution in [0.4, 0.5) is 0 Å². The van der Waals surface area contributed by atoms with Crippen LogP contribution in [0.1, 0.15) is 37.6 Å². The minimum absolute atomic E-state index is 0.547. The van der Waals surface area contributed by atoms with E-state index < -0.39 is 0 Å². The summed E-state index contributed by atoms with van der Waals surface area (Å²) < 4.78 is 1.91. The summed E-state index contributed by atoms with van der Waals surface area (Å²) in [6, 6.07) is 10.9. The van der Waals surface area contributed by atoms with Crippen LogP contribution in [-0.4, -0.2) is 45.3 Å². The van der Waals surface area contributed by atoms with E-state index in [-0.39, 0.29) is 0 Å². The first-order valence-electron chi connectivity index (χ1n) is 9.10. The molecule has 1 saturated heterocycles. The first-order valence-corrected chi connectivity index (χ1v) is 9.10. The average Bonchev–Trinajstić information content (AvgIpc) is 3.04. The summed E-state index contributed by atoms with van der Waals surface area (Å²) in [6.07, 6.45) is 2.87. The summed E-state index contributed by atoms with van der Waals surface area (Å²) in [4.78, 5) is 7.16. The smallest absolute Gasteiger partial charge is 0.194 e. The molecule has 2 aromatic rings. The summed E-state index contributed by atoms with van der Waals surface area (Å²) in [7, 11) is 1.95. The molecular formula is C19H28N6. The second-order valence-electron chi connectivity index (χ2n) is 6.76. The number of hydrogen-bond donors (Lipinski definition) is 1. The van der Waals surface area contributed by atoms with Crippen LogP contribution in [-0.2, 0) is 13.6 Å². The van der Waals surface area contributed by atoms with Gasteiger partial charge in [-0.3, -0.25) is 0 Å². The number of hydrogen-bond acceptors (Lipinski definition) is 3. The number of nitrogens with zero attached hydrogens (tertiary/aromatic N) is 5. The van der Waals surface area contributed by atoms with Gasteiger partial charge in [-0.1, -0.05) is 37.3 Å². The van der Waals surface area contributed by atoms with Crippen molar-refractivity contribution in [3.05, 3.63) is 48.0 Å². The van der Waals surface area contributed by atoms with Gasteiger partial charge in [-0.15, -0.1) is 10.2 Å². The van der Waals surface area contributed by atoms with Crippen molar-refractivity contribution in [2.45, 2.75) is 32.7 Å². The van der Waals surface area contributed by atoms with Crippen molar-refractivity contribution in [2.24, 2.45) is 18.0 Å². The molecule has 0 saturated carbocycles. The van der Waals surface area contributed by atoms with Gasteiger partial charge in [0.1, 0.15) is 12.9 Å². The number of benzene rings is 1. The molecule has 1 aliphatic heterocycles. The second kappa shape index (κ2) is 8.14. The molecule has 0 bridgehead atoms. The second-order valence-corrected chi connectivity index (χ2v) is 6.76. The van der Waals surface area contributed by atoms with Crippen molar-refractivity contribution in [1.82, 2.24) is 25.0 Å². The topological polar surface area (TPSA) is 58.3 Å². The molecule has 1 N–H and O–H groups in total. The molecule has 0 radical (unpaired) electrons. The SMILES string of the molecule is CCNC(=NCc1nncn1C)N1CCC(c2ccccc2)C(C)C1. The van der Waals surface area contributed by atoms with Gasteiger partial charge in [-0.25, -0.2) is 4.99 Å². The maximum atomic E-state index is 4.78. The van der Waals surface area contributed by atoms with Gasteiger partial charge in [0.25, 0.3) is 0 Å². The Kier molecular flexibility index (Phi) is 5.68. The highest BCUT2D eigenvalue weighted by atomic mass is 15.3. The number of piperidine rings is 1. The molecule has 3 rings (SSSR count). The lowest BCUT2D eigenvalue weighted by Gasteiger charge is -2.39. The Hall–Kier alpha value is -2.37. The number of rotatable bonds is 4. The Morgan fingerprint density at radius 3 is 2.76 bits per heavy atom. The summed E-state index contributed by atoms with van der Waals surface area (Å²) >= 11 is 0. The monoisotopic (exact) mass is 340 g/mol. The third-order valence-electron chi connectivity index (χ3n) is 4.94. The molecule has 0 spiro atoms. The summed E-state index contributed by atoms with van der Waals surface area (Å²) in [6.45, 7) is 7.91. The Balaban J connectivity index is 1.68. The van der Waals surface area contributed by atoms with Gasteiger partial charge >= 0.3 is 0 Å². The fourth-order valence-corrected chi connectivity index (χ4v) is 3.56. The zero-order valence-electron chi connectivity index (χ0n) is 15.4. The van der Waals surface area contributed by atoms with Crippen molar-refractivity contribution in [3.63, 3.8) is 0 Å². The number of guanidine groups is 1. The summed E-state index contributed by atoms with van der Waals surface area (Å²) in [5, 5.41) is 11.5. The molecule has 2 heterocycles. The van der Waals surface area contributed by atoms with Crippen LogP contribution < -0.4 is 5.32 Å². The molecule has 0 aliphatic carbocycles. The average molecular weight is 340 g/mol. The molecule has 6 heteroatoms. The lowest BCUT2D eigenvalue weighted by Crippen LogP contribution is -2.48. The van der Waals surface area contributed by atoms with Crippen molar-refractivity contribution in [2.75, 3.05) is 19.6 Å². The minimum atomic E-state index is 0.547. The van der Waals surface area contributed by atoms with E-state index in [9.17, 15) is 0 Å². The maximum Gasteiger partial charge on any atom is 0.194 e. The van der Waals surface area contributed by atoms with Crippen LogP contribution in [0.15, 0.2) is 41.7 Å². The van der Waals surface area contributed by atoms with Gasteiger partial charge in [0.15, 0.2) is 11.8 Å². The van der Waals surface area contributed by atoms with Crippen LogP contribution in [0.5, 0.6) is 0 Å². The maximum absolute atomic E-state index is 4.78. The molecule has 134 valence electrons. The van der Waals surface area contributed by atoms with Crippen LogP contribution in [0.25, 0.3) is 0 Å². The molecule has 2 unspecified atom stereocenters. The van der Waals surface area contributed by atoms with Crippen LogP contribution in [0.3, 0.4) is 0 Å². The predicted octanol–water partition coefficient (Wildman–Crippen LogP) is 2.41. The van der Waals surface area contributed by atoms with Crippen molar-refractivity contribution in [1.29, 1.82) is 0 Å². The van der Waals surface area contributed by atoms with Gasteiger partial charge < -0.3 is 14.8 Å². The van der Waals surface area contributed by atoms with Gasteiger partial charge in [0, 0.05) is 26.7 Å². The van der Waals surface area contributed by atoms with Crippen molar-refractivity contribution >= 4 is 5.96 Å². The fraction of sp³-hybridized carbons (Fsp3) is 0.526. The minimum Gasteiger partial charge on any atom is -0.357 e. The third-order valence-corrected chi connectivity index (χ3v) is 4.94. The molecule has 25 heavy (non-hydrogen) atoms. The quantitative estimate of drug-likeness (QED) is 0.686. The Morgan fingerprint density at radius 2 is 2.12 bits per heavy atom. The number of aryl methyl sites for hydroxylation is 1. The van der Waals surface area contributed by atoms with E-state index in [1.54, 1.807) is 6.33 Å². The molecule has 2 atom stereocenters. The van der Waals surface area contributed by atoms with Crippen LogP contribution >= 0.6 is 0 Å². The van der Waals surface area contributed by atoms with Crippen LogP contribution in [0, 0.1) is 5.92 Å². The fourth-order valence-electron chi connectivity index (χ4n) is 3.56. The Labute approximate surface area is 150 Å². The van der Waals surface area contributed by atoms with Gasteiger partial charge in [-0.2, -0.15) is 0 Å². The van der Waals surface area contributed by atoms with Gasteiger partial charge in [-0.05, 0) is 30.7 Å². The highest BCUT2D eigenvalue weighted by molar-refractivity contribution is 5.80.